The van der Waals surface area contributed by atoms with Crippen LogP contribution in [0.25, 0.3) is 11.2 Å². The Kier molecular flexibility index (Phi) is 4.76. The van der Waals surface area contributed by atoms with Gasteiger partial charge in [-0.2, -0.15) is 0 Å². The van der Waals surface area contributed by atoms with E-state index in [2.05, 4.69) is 20.6 Å². The van der Waals surface area contributed by atoms with Gasteiger partial charge in [-0.1, -0.05) is 0 Å². The van der Waals surface area contributed by atoms with Gasteiger partial charge in [-0.25, -0.2) is 9.97 Å². The molecule has 1 aliphatic rings. The van der Waals surface area contributed by atoms with Crippen molar-refractivity contribution in [3.05, 3.63) is 23.7 Å². The third-order valence-electron chi connectivity index (χ3n) is 3.84. The van der Waals surface area contributed by atoms with Crippen molar-refractivity contribution in [1.82, 2.24) is 14.5 Å². The second kappa shape index (κ2) is 6.75. The number of fused-ring (bicyclic) bond motifs is 1. The summed E-state index contributed by atoms with van der Waals surface area (Å²) in [5, 5.41) is 0. The van der Waals surface area contributed by atoms with Crippen molar-refractivity contribution in [2.75, 3.05) is 19.1 Å². The van der Waals surface area contributed by atoms with Gasteiger partial charge in [0, 0.05) is 38.3 Å². The van der Waals surface area contributed by atoms with Crippen LogP contribution >= 0.6 is 11.6 Å². The van der Waals surface area contributed by atoms with Gasteiger partial charge in [0.1, 0.15) is 11.3 Å². The molecule has 114 valence electrons. The summed E-state index contributed by atoms with van der Waals surface area (Å²) >= 11 is 5.89. The lowest BCUT2D eigenvalue weighted by atomic mass is 10.3. The van der Waals surface area contributed by atoms with Crippen molar-refractivity contribution in [2.45, 2.75) is 39.2 Å². The third kappa shape index (κ3) is 3.74. The summed E-state index contributed by atoms with van der Waals surface area (Å²) in [7, 11) is 0. The van der Waals surface area contributed by atoms with Gasteiger partial charge in [0.05, 0.1) is 0 Å². The highest BCUT2D eigenvalue weighted by molar-refractivity contribution is 6.17. The van der Waals surface area contributed by atoms with Crippen molar-refractivity contribution in [3.63, 3.8) is 0 Å². The Morgan fingerprint density at radius 3 is 3.05 bits per heavy atom. The topological polar surface area (TPSA) is 39.9 Å². The van der Waals surface area contributed by atoms with Crippen molar-refractivity contribution < 1.29 is 4.74 Å². The van der Waals surface area contributed by atoms with Crippen LogP contribution in [-0.2, 0) is 17.7 Å². The zero-order chi connectivity index (χ0) is 14.7. The maximum Gasteiger partial charge on any atom is 0.160 e. The van der Waals surface area contributed by atoms with Gasteiger partial charge in [0.2, 0.25) is 0 Å². The average Bonchev–Trinajstić information content (AvgIpc) is 3.22. The van der Waals surface area contributed by atoms with Crippen LogP contribution in [0.4, 0.5) is 0 Å². The van der Waals surface area contributed by atoms with Gasteiger partial charge in [-0.05, 0) is 43.7 Å². The first-order chi connectivity index (χ1) is 10.3. The molecule has 2 heterocycles. The molecule has 0 spiro atoms. The number of imidazole rings is 1. The van der Waals surface area contributed by atoms with E-state index in [1.807, 2.05) is 13.1 Å². The molecule has 0 atom stereocenters. The van der Waals surface area contributed by atoms with Crippen LogP contribution in [-0.4, -0.2) is 33.6 Å². The minimum absolute atomic E-state index is 0.584. The molecule has 0 amide bonds. The molecule has 0 radical (unpaired) electrons. The SMILES string of the molecule is Cc1cnc2c(c1)nc(CCCl)n2CCCOCC1CC1. The van der Waals surface area contributed by atoms with Crippen molar-refractivity contribution in [1.29, 1.82) is 0 Å². The summed E-state index contributed by atoms with van der Waals surface area (Å²) in [6.07, 6.45) is 6.35. The quantitative estimate of drug-likeness (QED) is 0.555. The van der Waals surface area contributed by atoms with E-state index in [-0.39, 0.29) is 0 Å². The lowest BCUT2D eigenvalue weighted by Gasteiger charge is -2.08. The molecule has 0 aromatic carbocycles. The van der Waals surface area contributed by atoms with Gasteiger partial charge in [0.15, 0.2) is 5.65 Å². The molecule has 1 fully saturated rings. The number of hydrogen-bond donors (Lipinski definition) is 0. The number of pyridine rings is 1. The maximum atomic E-state index is 5.89. The van der Waals surface area contributed by atoms with Gasteiger partial charge in [0.25, 0.3) is 0 Å². The number of rotatable bonds is 8. The van der Waals surface area contributed by atoms with E-state index in [1.54, 1.807) is 0 Å². The Balaban J connectivity index is 1.67. The van der Waals surface area contributed by atoms with Crippen LogP contribution in [0, 0.1) is 12.8 Å². The number of hydrogen-bond acceptors (Lipinski definition) is 3. The number of halogens is 1. The van der Waals surface area contributed by atoms with Gasteiger partial charge in [-0.15, -0.1) is 11.6 Å². The zero-order valence-corrected chi connectivity index (χ0v) is 13.3. The second-order valence-electron chi connectivity index (χ2n) is 5.85. The molecule has 0 aliphatic heterocycles. The van der Waals surface area contributed by atoms with Crippen LogP contribution < -0.4 is 0 Å². The molecular weight excluding hydrogens is 286 g/mol. The van der Waals surface area contributed by atoms with E-state index in [4.69, 9.17) is 16.3 Å². The van der Waals surface area contributed by atoms with Crippen LogP contribution in [0.1, 0.15) is 30.7 Å². The van der Waals surface area contributed by atoms with E-state index in [0.29, 0.717) is 5.88 Å². The van der Waals surface area contributed by atoms with Crippen molar-refractivity contribution in [2.24, 2.45) is 5.92 Å². The third-order valence-corrected chi connectivity index (χ3v) is 4.03. The fourth-order valence-electron chi connectivity index (χ4n) is 2.53. The summed E-state index contributed by atoms with van der Waals surface area (Å²) < 4.78 is 7.90. The molecule has 1 aliphatic carbocycles. The molecule has 5 heteroatoms. The zero-order valence-electron chi connectivity index (χ0n) is 12.5. The summed E-state index contributed by atoms with van der Waals surface area (Å²) in [6.45, 7) is 4.67. The molecule has 0 unspecified atom stereocenters. The molecule has 0 bridgehead atoms. The predicted molar refractivity (Wildman–Crippen MR) is 84.8 cm³/mol. The summed E-state index contributed by atoms with van der Waals surface area (Å²) in [6, 6.07) is 2.08. The summed E-state index contributed by atoms with van der Waals surface area (Å²) in [5.41, 5.74) is 3.06. The fraction of sp³-hybridized carbons (Fsp3) is 0.625. The van der Waals surface area contributed by atoms with Crippen LogP contribution in [0.2, 0.25) is 0 Å². The Morgan fingerprint density at radius 1 is 1.43 bits per heavy atom. The molecular formula is C16H22ClN3O. The molecule has 0 saturated heterocycles. The molecule has 4 nitrogen and oxygen atoms in total. The van der Waals surface area contributed by atoms with E-state index in [1.165, 1.54) is 12.8 Å². The lowest BCUT2D eigenvalue weighted by Crippen LogP contribution is -2.08. The standard InChI is InChI=1S/C16H22ClN3O/c1-12-9-14-16(18-10-12)20(15(19-14)5-6-17)7-2-8-21-11-13-3-4-13/h9-10,13H,2-8,11H2,1H3. The molecule has 0 N–H and O–H groups in total. The Labute approximate surface area is 130 Å². The van der Waals surface area contributed by atoms with Gasteiger partial charge >= 0.3 is 0 Å². The largest absolute Gasteiger partial charge is 0.381 e. The summed E-state index contributed by atoms with van der Waals surface area (Å²) in [5.74, 6) is 2.44. The maximum absolute atomic E-state index is 5.89. The molecule has 2 aromatic heterocycles. The van der Waals surface area contributed by atoms with Gasteiger partial charge < -0.3 is 9.30 Å². The van der Waals surface area contributed by atoms with E-state index in [9.17, 15) is 0 Å². The van der Waals surface area contributed by atoms with E-state index >= 15 is 0 Å². The first-order valence-corrected chi connectivity index (χ1v) is 8.27. The number of aromatic nitrogens is 3. The Bertz CT molecular complexity index is 607. The van der Waals surface area contributed by atoms with E-state index in [0.717, 1.165) is 61.1 Å². The second-order valence-corrected chi connectivity index (χ2v) is 6.22. The van der Waals surface area contributed by atoms with Crippen LogP contribution in [0.3, 0.4) is 0 Å². The van der Waals surface area contributed by atoms with Crippen molar-refractivity contribution >= 4 is 22.8 Å². The molecule has 2 aromatic rings. The number of aryl methyl sites for hydroxylation is 3. The highest BCUT2D eigenvalue weighted by Crippen LogP contribution is 2.28. The average molecular weight is 308 g/mol. The lowest BCUT2D eigenvalue weighted by molar-refractivity contribution is 0.119. The Morgan fingerprint density at radius 2 is 2.29 bits per heavy atom. The minimum Gasteiger partial charge on any atom is -0.381 e. The number of nitrogens with zero attached hydrogens (tertiary/aromatic N) is 3. The predicted octanol–water partition coefficient (Wildman–Crippen LogP) is 3.34. The monoisotopic (exact) mass is 307 g/mol. The first kappa shape index (κ1) is 14.8. The Hall–Kier alpha value is -1.13. The number of alkyl halides is 1. The molecule has 3 rings (SSSR count). The van der Waals surface area contributed by atoms with Crippen LogP contribution in [0.5, 0.6) is 0 Å². The first-order valence-electron chi connectivity index (χ1n) is 7.73. The highest BCUT2D eigenvalue weighted by Gasteiger charge is 2.20. The highest BCUT2D eigenvalue weighted by atomic mass is 35.5. The van der Waals surface area contributed by atoms with Gasteiger partial charge in [-0.3, -0.25) is 0 Å². The van der Waals surface area contributed by atoms with Crippen LogP contribution in [0.15, 0.2) is 12.3 Å². The molecule has 1 saturated carbocycles. The normalized spacial score (nSPS) is 15.0. The summed E-state index contributed by atoms with van der Waals surface area (Å²) in [4.78, 5) is 9.21. The smallest absolute Gasteiger partial charge is 0.160 e. The molecule has 21 heavy (non-hydrogen) atoms. The number of ether oxygens (including phenoxy) is 1. The van der Waals surface area contributed by atoms with E-state index < -0.39 is 0 Å². The van der Waals surface area contributed by atoms with Crippen molar-refractivity contribution in [3.8, 4) is 0 Å². The fourth-order valence-corrected chi connectivity index (χ4v) is 2.70. The minimum atomic E-state index is 0.584.